The van der Waals surface area contributed by atoms with Crippen molar-refractivity contribution in [2.75, 3.05) is 56.0 Å². The second-order valence-corrected chi connectivity index (χ2v) is 17.7. The van der Waals surface area contributed by atoms with Crippen LogP contribution in [0.4, 0.5) is 16.3 Å². The number of nitrogens with one attached hydrogen (secondary N) is 2. The minimum absolute atomic E-state index is 0.0383. The third-order valence-corrected chi connectivity index (χ3v) is 13.4. The van der Waals surface area contributed by atoms with E-state index in [-0.39, 0.29) is 62.6 Å². The number of urea groups is 1. The van der Waals surface area contributed by atoms with Crippen LogP contribution in [0, 0.1) is 0 Å². The van der Waals surface area contributed by atoms with Gasteiger partial charge in [0.1, 0.15) is 23.8 Å². The zero-order valence-electron chi connectivity index (χ0n) is 37.0. The number of para-hydroxylation sites is 1. The van der Waals surface area contributed by atoms with E-state index < -0.39 is 18.2 Å². The van der Waals surface area contributed by atoms with Crippen LogP contribution in [0.15, 0.2) is 110 Å². The van der Waals surface area contributed by atoms with E-state index >= 15 is 0 Å². The fraction of sp³-hybridized carbons (Fsp3) is 0.380. The van der Waals surface area contributed by atoms with E-state index in [1.807, 2.05) is 72.3 Å². The van der Waals surface area contributed by atoms with Gasteiger partial charge in [-0.2, -0.15) is 0 Å². The van der Waals surface area contributed by atoms with Crippen molar-refractivity contribution in [3.05, 3.63) is 132 Å². The van der Waals surface area contributed by atoms with Crippen molar-refractivity contribution in [3.8, 4) is 5.75 Å². The predicted molar refractivity (Wildman–Crippen MR) is 250 cm³/mol. The van der Waals surface area contributed by atoms with E-state index in [1.54, 1.807) is 62.6 Å². The summed E-state index contributed by atoms with van der Waals surface area (Å²) in [5, 5.41) is 20.1. The van der Waals surface area contributed by atoms with Crippen LogP contribution in [0.2, 0.25) is 0 Å². The summed E-state index contributed by atoms with van der Waals surface area (Å²) in [7, 11) is 1.88. The normalized spacial score (nSPS) is 20.0. The van der Waals surface area contributed by atoms with Gasteiger partial charge in [0, 0.05) is 63.8 Å². The molecule has 6 heterocycles. The molecule has 5 aromatic rings. The average molecular weight is 879 g/mol. The van der Waals surface area contributed by atoms with E-state index in [2.05, 4.69) is 27.0 Å². The van der Waals surface area contributed by atoms with Crippen LogP contribution in [-0.4, -0.2) is 127 Å². The van der Waals surface area contributed by atoms with Crippen molar-refractivity contribution in [1.82, 2.24) is 39.6 Å². The first kappa shape index (κ1) is 43.5. The number of aromatic hydroxyl groups is 1. The number of carbonyl (C=O) groups excluding carboxylic acids is 4. The van der Waals surface area contributed by atoms with Gasteiger partial charge in [-0.1, -0.05) is 73.2 Å². The number of piperidine rings is 2. The number of aryl methyl sites for hydroxylation is 1. The van der Waals surface area contributed by atoms with Crippen LogP contribution >= 0.6 is 0 Å². The number of fused-ring (bicyclic) bond motifs is 2. The zero-order chi connectivity index (χ0) is 45.0. The minimum atomic E-state index is -0.943. The summed E-state index contributed by atoms with van der Waals surface area (Å²) in [6.45, 7) is 8.83. The van der Waals surface area contributed by atoms with Crippen molar-refractivity contribution < 1.29 is 24.3 Å². The summed E-state index contributed by atoms with van der Waals surface area (Å²) < 4.78 is 1.91. The molecule has 3 aromatic carbocycles. The molecule has 15 nitrogen and oxygen atoms in total. The van der Waals surface area contributed by atoms with Crippen LogP contribution in [0.25, 0.3) is 10.9 Å². The molecule has 65 heavy (non-hydrogen) atoms. The van der Waals surface area contributed by atoms with E-state index in [4.69, 9.17) is 4.98 Å². The Balaban J connectivity index is 0.950. The summed E-state index contributed by atoms with van der Waals surface area (Å²) in [4.78, 5) is 70.2. The molecule has 0 saturated carbocycles. The van der Waals surface area contributed by atoms with Gasteiger partial charge in [0.15, 0.2) is 0 Å². The molecule has 4 aliphatic heterocycles. The highest BCUT2D eigenvalue weighted by Gasteiger charge is 2.51. The van der Waals surface area contributed by atoms with Crippen molar-refractivity contribution in [2.45, 2.75) is 69.9 Å². The lowest BCUT2D eigenvalue weighted by Gasteiger charge is -2.55. The highest BCUT2D eigenvalue weighted by atomic mass is 16.3. The Hall–Kier alpha value is -6.71. The summed E-state index contributed by atoms with van der Waals surface area (Å²) in [5.74, 6) is 0.182. The maximum absolute atomic E-state index is 14.8. The Morgan fingerprint density at radius 2 is 1.66 bits per heavy atom. The van der Waals surface area contributed by atoms with Crippen LogP contribution in [-0.2, 0) is 36.1 Å². The number of aromatic nitrogens is 2. The molecule has 9 rings (SSSR count). The number of anilines is 2. The molecule has 0 aliphatic carbocycles. The van der Waals surface area contributed by atoms with Gasteiger partial charge >= 0.3 is 6.03 Å². The molecule has 4 saturated heterocycles. The van der Waals surface area contributed by atoms with Crippen LogP contribution in [0.1, 0.15) is 59.2 Å². The topological polar surface area (TPSA) is 150 Å². The van der Waals surface area contributed by atoms with Gasteiger partial charge in [-0.3, -0.25) is 14.4 Å². The number of likely N-dealkylation sites (tertiary alicyclic amines) is 1. The lowest BCUT2D eigenvalue weighted by molar-refractivity contribution is -0.189. The van der Waals surface area contributed by atoms with Crippen molar-refractivity contribution >= 4 is 46.2 Å². The molecule has 4 aliphatic rings. The number of hydrazine groups is 1. The monoisotopic (exact) mass is 878 g/mol. The van der Waals surface area contributed by atoms with Gasteiger partial charge in [-0.15, -0.1) is 6.58 Å². The molecular formula is C50H58N10O5. The maximum atomic E-state index is 14.8. The molecule has 2 atom stereocenters. The first-order valence-corrected chi connectivity index (χ1v) is 22.8. The SMILES string of the molecule is C=CCN1CC(=O)N2C(Cc3ccc(O)cc3)C(=O)N(Cc3cccc4c(C(=O)Nc5ccc(N6CCC(N7CCCCC7)CC6)nc5)cn(C)c34)CC2N1C(=O)NCc1ccccc1. The molecule has 4 fully saturated rings. The van der Waals surface area contributed by atoms with Gasteiger partial charge in [0.25, 0.3) is 5.91 Å². The number of hydrogen-bond acceptors (Lipinski definition) is 9. The van der Waals surface area contributed by atoms with Gasteiger partial charge in [-0.05, 0) is 79.7 Å². The number of piperazine rings is 1. The number of carbonyl (C=O) groups is 4. The quantitative estimate of drug-likeness (QED) is 0.134. The second-order valence-electron chi connectivity index (χ2n) is 17.7. The van der Waals surface area contributed by atoms with E-state index in [0.717, 1.165) is 59.3 Å². The number of benzene rings is 3. The molecule has 2 aromatic heterocycles. The number of phenols is 1. The van der Waals surface area contributed by atoms with Crippen LogP contribution < -0.4 is 15.5 Å². The molecule has 15 heteroatoms. The minimum Gasteiger partial charge on any atom is -0.508 e. The third kappa shape index (κ3) is 9.29. The van der Waals surface area contributed by atoms with Crippen LogP contribution in [0.5, 0.6) is 5.75 Å². The standard InChI is InChI=1S/C50H58N10O5/c1-3-23-58-34-46(62)59-43(28-35-15-18-40(61)19-16-35)49(64)57(33-45(59)60(58)50(65)52-29-36-11-6-4-7-12-36)31-37-13-10-14-41-42(32-54(2)47(37)41)48(63)53-38-17-20-44(51-30-38)56-26-21-39(22-27-56)55-24-8-5-9-25-55/h3-4,6-7,10-20,30,32,39,43,45,61H,1,5,8-9,21-29,31,33-34H2,2H3,(H,52,65)(H,53,63). The third-order valence-electron chi connectivity index (χ3n) is 13.4. The number of rotatable bonds is 12. The summed E-state index contributed by atoms with van der Waals surface area (Å²) >= 11 is 0. The Labute approximate surface area is 379 Å². The summed E-state index contributed by atoms with van der Waals surface area (Å²) in [6, 6.07) is 25.1. The fourth-order valence-corrected chi connectivity index (χ4v) is 10.2. The highest BCUT2D eigenvalue weighted by molar-refractivity contribution is 6.13. The van der Waals surface area contributed by atoms with E-state index in [9.17, 15) is 24.3 Å². The first-order chi connectivity index (χ1) is 31.6. The smallest absolute Gasteiger partial charge is 0.334 e. The molecule has 5 amide bonds. The average Bonchev–Trinajstić information content (AvgIpc) is 3.68. The predicted octanol–water partition coefficient (Wildman–Crippen LogP) is 5.72. The number of pyridine rings is 1. The Morgan fingerprint density at radius 3 is 2.38 bits per heavy atom. The maximum Gasteiger partial charge on any atom is 0.334 e. The molecular weight excluding hydrogens is 821 g/mol. The molecule has 338 valence electrons. The number of hydrogen-bond donors (Lipinski definition) is 3. The van der Waals surface area contributed by atoms with Crippen molar-refractivity contribution in [1.29, 1.82) is 0 Å². The molecule has 2 unspecified atom stereocenters. The Bertz CT molecular complexity index is 2520. The van der Waals surface area contributed by atoms with Gasteiger partial charge < -0.3 is 39.9 Å². The van der Waals surface area contributed by atoms with Gasteiger partial charge in [-0.25, -0.2) is 19.8 Å². The highest BCUT2D eigenvalue weighted by Crippen LogP contribution is 2.32. The van der Waals surface area contributed by atoms with Crippen LogP contribution in [0.3, 0.4) is 0 Å². The molecule has 0 spiro atoms. The molecule has 0 radical (unpaired) electrons. The number of amides is 5. The van der Waals surface area contributed by atoms with Crippen molar-refractivity contribution in [2.24, 2.45) is 7.05 Å². The number of phenolic OH excluding ortho intramolecular Hbond substituents is 1. The molecule has 3 N–H and O–H groups in total. The number of nitrogens with zero attached hydrogens (tertiary/aromatic N) is 8. The van der Waals surface area contributed by atoms with Gasteiger partial charge in [0.2, 0.25) is 11.8 Å². The molecule has 0 bridgehead atoms. The van der Waals surface area contributed by atoms with E-state index in [0.29, 0.717) is 17.3 Å². The second kappa shape index (κ2) is 19.2. The first-order valence-electron chi connectivity index (χ1n) is 22.8. The Morgan fingerprint density at radius 1 is 0.892 bits per heavy atom. The summed E-state index contributed by atoms with van der Waals surface area (Å²) in [5.41, 5.74) is 4.33. The lowest BCUT2D eigenvalue weighted by Crippen LogP contribution is -2.76. The van der Waals surface area contributed by atoms with Crippen molar-refractivity contribution in [3.63, 3.8) is 0 Å². The van der Waals surface area contributed by atoms with Gasteiger partial charge in [0.05, 0.1) is 36.1 Å². The summed E-state index contributed by atoms with van der Waals surface area (Å²) in [6.07, 6.45) is 10.7. The Kier molecular flexibility index (Phi) is 12.8. The zero-order valence-corrected chi connectivity index (χ0v) is 37.0. The fourth-order valence-electron chi connectivity index (χ4n) is 10.2. The largest absolute Gasteiger partial charge is 0.508 e. The lowest BCUT2D eigenvalue weighted by atomic mass is 9.98. The van der Waals surface area contributed by atoms with E-state index in [1.165, 1.54) is 32.4 Å².